The highest BCUT2D eigenvalue weighted by Crippen LogP contribution is 2.36. The van der Waals surface area contributed by atoms with E-state index in [2.05, 4.69) is 10.3 Å². The first kappa shape index (κ1) is 18.9. The number of nitrogens with zero attached hydrogens (tertiary/aromatic N) is 1. The fourth-order valence-electron chi connectivity index (χ4n) is 3.61. The van der Waals surface area contributed by atoms with Gasteiger partial charge in [-0.3, -0.25) is 4.79 Å². The lowest BCUT2D eigenvalue weighted by atomic mass is 10.1. The highest BCUT2D eigenvalue weighted by atomic mass is 16.5. The van der Waals surface area contributed by atoms with Gasteiger partial charge in [-0.2, -0.15) is 0 Å². The number of hydrogen-bond donors (Lipinski definition) is 1. The van der Waals surface area contributed by atoms with Gasteiger partial charge in [0.25, 0.3) is 0 Å². The molecule has 1 amide bonds. The zero-order valence-electron chi connectivity index (χ0n) is 16.9. The van der Waals surface area contributed by atoms with E-state index in [9.17, 15) is 4.79 Å². The smallest absolute Gasteiger partial charge is 0.224 e. The van der Waals surface area contributed by atoms with E-state index in [0.29, 0.717) is 35.1 Å². The zero-order chi connectivity index (χ0) is 21.2. The molecule has 3 aromatic carbocycles. The fourth-order valence-corrected chi connectivity index (χ4v) is 3.61. The number of methoxy groups -OCH3 is 1. The summed E-state index contributed by atoms with van der Waals surface area (Å²) in [5.74, 6) is 1.63. The normalized spacial score (nSPS) is 11.1. The largest absolute Gasteiger partial charge is 0.495 e. The van der Waals surface area contributed by atoms with E-state index in [-0.39, 0.29) is 12.3 Å². The predicted molar refractivity (Wildman–Crippen MR) is 119 cm³/mol. The van der Waals surface area contributed by atoms with Crippen molar-refractivity contribution in [1.82, 2.24) is 4.98 Å². The highest BCUT2D eigenvalue weighted by Gasteiger charge is 2.15. The van der Waals surface area contributed by atoms with Gasteiger partial charge in [0.2, 0.25) is 5.91 Å². The minimum atomic E-state index is -0.159. The third kappa shape index (κ3) is 3.75. The number of carbonyl (C=O) groups is 1. The summed E-state index contributed by atoms with van der Waals surface area (Å²) in [6, 6.07) is 21.2. The van der Waals surface area contributed by atoms with Crippen molar-refractivity contribution in [3.8, 4) is 17.1 Å². The Kier molecular flexibility index (Phi) is 4.88. The van der Waals surface area contributed by atoms with Gasteiger partial charge in [-0.25, -0.2) is 4.98 Å². The number of anilines is 1. The van der Waals surface area contributed by atoms with Crippen molar-refractivity contribution < 1.29 is 18.4 Å². The molecule has 31 heavy (non-hydrogen) atoms. The van der Waals surface area contributed by atoms with Crippen LogP contribution < -0.4 is 10.1 Å². The van der Waals surface area contributed by atoms with Gasteiger partial charge in [0.05, 0.1) is 19.0 Å². The number of fused-ring (bicyclic) bond motifs is 3. The number of benzene rings is 3. The number of oxazole rings is 1. The molecule has 0 aliphatic rings. The maximum absolute atomic E-state index is 12.6. The molecule has 1 N–H and O–H groups in total. The molecule has 5 aromatic rings. The van der Waals surface area contributed by atoms with Crippen LogP contribution in [0.25, 0.3) is 33.3 Å². The number of aryl methyl sites for hydroxylation is 1. The molecule has 154 valence electrons. The molecule has 0 saturated heterocycles. The second kappa shape index (κ2) is 7.99. The third-order valence-electron chi connectivity index (χ3n) is 5.15. The van der Waals surface area contributed by atoms with Crippen LogP contribution in [-0.4, -0.2) is 18.0 Å². The summed E-state index contributed by atoms with van der Waals surface area (Å²) < 4.78 is 17.2. The first-order chi connectivity index (χ1) is 15.2. The maximum Gasteiger partial charge on any atom is 0.224 e. The number of ether oxygens (including phenoxy) is 1. The number of amides is 1. The van der Waals surface area contributed by atoms with Crippen LogP contribution in [0.2, 0.25) is 0 Å². The van der Waals surface area contributed by atoms with Crippen LogP contribution in [0.4, 0.5) is 5.69 Å². The second-order valence-corrected chi connectivity index (χ2v) is 7.18. The Hall–Kier alpha value is -4.06. The molecule has 6 heteroatoms. The summed E-state index contributed by atoms with van der Waals surface area (Å²) in [4.78, 5) is 16.9. The van der Waals surface area contributed by atoms with Crippen molar-refractivity contribution in [3.05, 3.63) is 78.8 Å². The molecule has 0 unspecified atom stereocenters. The first-order valence-electron chi connectivity index (χ1n) is 10.0. The minimum absolute atomic E-state index is 0.159. The van der Waals surface area contributed by atoms with Gasteiger partial charge < -0.3 is 18.9 Å². The van der Waals surface area contributed by atoms with Crippen LogP contribution in [0.15, 0.2) is 81.8 Å². The quantitative estimate of drug-likeness (QED) is 0.380. The lowest BCUT2D eigenvalue weighted by molar-refractivity contribution is -0.116. The number of aromatic nitrogens is 1. The number of nitrogens with one attached hydrogen (secondary N) is 1. The van der Waals surface area contributed by atoms with Crippen LogP contribution in [-0.2, 0) is 11.2 Å². The molecule has 0 spiro atoms. The molecular formula is C25H20N2O4. The lowest BCUT2D eigenvalue weighted by Crippen LogP contribution is -2.13. The summed E-state index contributed by atoms with van der Waals surface area (Å²) in [7, 11) is 1.58. The second-order valence-electron chi connectivity index (χ2n) is 7.18. The number of furan rings is 1. The van der Waals surface area contributed by atoms with Crippen LogP contribution in [0.3, 0.4) is 0 Å². The summed E-state index contributed by atoms with van der Waals surface area (Å²) in [6.07, 6.45) is 2.31. The zero-order valence-corrected chi connectivity index (χ0v) is 16.9. The summed E-state index contributed by atoms with van der Waals surface area (Å²) in [5.41, 5.74) is 3.00. The Balaban J connectivity index is 1.31. The van der Waals surface area contributed by atoms with Crippen molar-refractivity contribution in [3.63, 3.8) is 0 Å². The molecule has 0 aliphatic carbocycles. The standard InChI is InChI=1S/C25H20N2O4/c1-29-22-13-18-17-9-5-6-10-20(17)30-21(18)14-19(22)27-24(28)11-12-25-26-15-23(31-25)16-7-3-2-4-8-16/h2-10,13-15H,11-12H2,1H3,(H,27,28). The van der Waals surface area contributed by atoms with Gasteiger partial charge in [-0.1, -0.05) is 48.5 Å². The average Bonchev–Trinajstić information content (AvgIpc) is 3.42. The maximum atomic E-state index is 12.6. The van der Waals surface area contributed by atoms with Crippen molar-refractivity contribution in [2.75, 3.05) is 12.4 Å². The molecule has 2 aromatic heterocycles. The molecular weight excluding hydrogens is 392 g/mol. The number of hydrogen-bond acceptors (Lipinski definition) is 5. The van der Waals surface area contributed by atoms with Crippen molar-refractivity contribution >= 4 is 33.5 Å². The Morgan fingerprint density at radius 3 is 2.61 bits per heavy atom. The molecule has 0 atom stereocenters. The molecule has 6 nitrogen and oxygen atoms in total. The topological polar surface area (TPSA) is 77.5 Å². The monoisotopic (exact) mass is 412 g/mol. The van der Waals surface area contributed by atoms with Crippen molar-refractivity contribution in [2.24, 2.45) is 0 Å². The van der Waals surface area contributed by atoms with Crippen LogP contribution in [0.5, 0.6) is 5.75 Å². The summed E-state index contributed by atoms with van der Waals surface area (Å²) >= 11 is 0. The number of rotatable bonds is 6. The Labute approximate surface area is 178 Å². The predicted octanol–water partition coefficient (Wildman–Crippen LogP) is 5.82. The van der Waals surface area contributed by atoms with Gasteiger partial charge in [0, 0.05) is 35.2 Å². The highest BCUT2D eigenvalue weighted by molar-refractivity contribution is 6.07. The summed E-state index contributed by atoms with van der Waals surface area (Å²) in [5, 5.41) is 4.86. The Bertz CT molecular complexity index is 1370. The average molecular weight is 412 g/mol. The van der Waals surface area contributed by atoms with E-state index >= 15 is 0 Å². The van der Waals surface area contributed by atoms with E-state index in [4.69, 9.17) is 13.6 Å². The van der Waals surface area contributed by atoms with Crippen molar-refractivity contribution in [2.45, 2.75) is 12.8 Å². The van der Waals surface area contributed by atoms with Crippen LogP contribution >= 0.6 is 0 Å². The van der Waals surface area contributed by atoms with E-state index in [1.54, 1.807) is 19.4 Å². The summed E-state index contributed by atoms with van der Waals surface area (Å²) in [6.45, 7) is 0. The molecule has 0 aliphatic heterocycles. The molecule has 0 radical (unpaired) electrons. The lowest BCUT2D eigenvalue weighted by Gasteiger charge is -2.10. The van der Waals surface area contributed by atoms with Gasteiger partial charge in [0.1, 0.15) is 16.9 Å². The molecule has 2 heterocycles. The van der Waals surface area contributed by atoms with E-state index in [1.807, 2.05) is 60.7 Å². The molecule has 0 fully saturated rings. The Morgan fingerprint density at radius 1 is 0.968 bits per heavy atom. The SMILES string of the molecule is COc1cc2c(cc1NC(=O)CCc1ncc(-c3ccccc3)o1)oc1ccccc12. The number of para-hydroxylation sites is 1. The van der Waals surface area contributed by atoms with Crippen molar-refractivity contribution in [1.29, 1.82) is 0 Å². The minimum Gasteiger partial charge on any atom is -0.495 e. The van der Waals surface area contributed by atoms with E-state index < -0.39 is 0 Å². The van der Waals surface area contributed by atoms with Gasteiger partial charge in [-0.15, -0.1) is 0 Å². The van der Waals surface area contributed by atoms with Gasteiger partial charge >= 0.3 is 0 Å². The fraction of sp³-hybridized carbons (Fsp3) is 0.120. The van der Waals surface area contributed by atoms with Gasteiger partial charge in [0.15, 0.2) is 11.7 Å². The van der Waals surface area contributed by atoms with Gasteiger partial charge in [-0.05, 0) is 12.1 Å². The Morgan fingerprint density at radius 2 is 1.77 bits per heavy atom. The number of carbonyl (C=O) groups excluding carboxylic acids is 1. The van der Waals surface area contributed by atoms with Crippen LogP contribution in [0, 0.1) is 0 Å². The molecule has 0 bridgehead atoms. The third-order valence-corrected chi connectivity index (χ3v) is 5.15. The van der Waals surface area contributed by atoms with E-state index in [0.717, 1.165) is 21.9 Å². The first-order valence-corrected chi connectivity index (χ1v) is 10.0. The molecule has 0 saturated carbocycles. The van der Waals surface area contributed by atoms with Crippen LogP contribution in [0.1, 0.15) is 12.3 Å². The molecule has 5 rings (SSSR count). The van der Waals surface area contributed by atoms with E-state index in [1.165, 1.54) is 0 Å².